The minimum absolute atomic E-state index is 0.0168. The van der Waals surface area contributed by atoms with E-state index >= 15 is 0 Å². The molecule has 0 saturated carbocycles. The molecule has 5 aromatic heterocycles. The lowest BCUT2D eigenvalue weighted by molar-refractivity contribution is 0.872. The lowest BCUT2D eigenvalue weighted by Crippen LogP contribution is -2.01. The second kappa shape index (κ2) is 13.1. The van der Waals surface area contributed by atoms with Crippen molar-refractivity contribution in [3.05, 3.63) is 157 Å². The highest BCUT2D eigenvalue weighted by Gasteiger charge is 2.14. The molecule has 0 amide bonds. The average molecular weight is 573 g/mol. The first-order valence-corrected chi connectivity index (χ1v) is 14.6. The first-order valence-electron chi connectivity index (χ1n) is 14.6. The third-order valence-corrected chi connectivity index (χ3v) is 7.53. The molecule has 1 aromatic carbocycles. The Morgan fingerprint density at radius 2 is 1.05 bits per heavy atom. The third kappa shape index (κ3) is 6.71. The molecule has 1 unspecified atom stereocenters. The monoisotopic (exact) mass is 572 g/mol. The van der Waals surface area contributed by atoms with E-state index in [-0.39, 0.29) is 5.92 Å². The number of benzene rings is 1. The number of hydrogen-bond acceptors (Lipinski definition) is 6. The maximum Gasteiger partial charge on any atom is 0.126 e. The first kappa shape index (κ1) is 28.5. The fourth-order valence-corrected chi connectivity index (χ4v) is 5.23. The minimum Gasteiger partial charge on any atom is -0.265 e. The number of aromatic nitrogens is 6. The summed E-state index contributed by atoms with van der Waals surface area (Å²) in [5.41, 5.74) is 11.7. The van der Waals surface area contributed by atoms with E-state index in [9.17, 15) is 0 Å². The molecule has 5 heterocycles. The molecular weight excluding hydrogens is 540 g/mol. The van der Waals surface area contributed by atoms with E-state index in [1.807, 2.05) is 105 Å². The number of rotatable bonds is 8. The molecule has 0 spiro atoms. The Morgan fingerprint density at radius 3 is 1.59 bits per heavy atom. The van der Waals surface area contributed by atoms with Gasteiger partial charge in [0.05, 0.1) is 11.4 Å². The van der Waals surface area contributed by atoms with Gasteiger partial charge >= 0.3 is 0 Å². The molecule has 214 valence electrons. The molecule has 6 nitrogen and oxygen atoms in total. The molecule has 6 rings (SSSR count). The van der Waals surface area contributed by atoms with Gasteiger partial charge in [-0.3, -0.25) is 19.9 Å². The van der Waals surface area contributed by atoms with Gasteiger partial charge in [-0.1, -0.05) is 19.1 Å². The van der Waals surface area contributed by atoms with Crippen LogP contribution in [0.4, 0.5) is 0 Å². The molecule has 1 atom stereocenters. The summed E-state index contributed by atoms with van der Waals surface area (Å²) in [5, 5.41) is 0. The van der Waals surface area contributed by atoms with Crippen molar-refractivity contribution < 1.29 is 0 Å². The van der Waals surface area contributed by atoms with E-state index in [1.54, 1.807) is 0 Å². The van der Waals surface area contributed by atoms with Crippen LogP contribution in [0.1, 0.15) is 42.4 Å². The van der Waals surface area contributed by atoms with Crippen molar-refractivity contribution in [1.29, 1.82) is 0 Å². The highest BCUT2D eigenvalue weighted by molar-refractivity contribution is 5.84. The maximum atomic E-state index is 4.90. The van der Waals surface area contributed by atoms with Crippen LogP contribution in [0.3, 0.4) is 0 Å². The Hall–Kier alpha value is -5.62. The van der Waals surface area contributed by atoms with Crippen LogP contribution in [0.15, 0.2) is 135 Å². The zero-order valence-electron chi connectivity index (χ0n) is 25.0. The zero-order valence-corrected chi connectivity index (χ0v) is 25.0. The van der Waals surface area contributed by atoms with Gasteiger partial charge in [-0.25, -0.2) is 9.97 Å². The molecule has 6 heteroatoms. The van der Waals surface area contributed by atoms with Crippen LogP contribution in [0.5, 0.6) is 0 Å². The fraction of sp³-hybridized carbons (Fsp3) is 0.105. The average Bonchev–Trinajstić information content (AvgIpc) is 3.09. The minimum atomic E-state index is 0.0168. The summed E-state index contributed by atoms with van der Waals surface area (Å²) >= 11 is 0. The van der Waals surface area contributed by atoms with Crippen LogP contribution in [0.2, 0.25) is 0 Å². The smallest absolute Gasteiger partial charge is 0.126 e. The molecule has 0 saturated heterocycles. The molecule has 0 radical (unpaired) electrons. The van der Waals surface area contributed by atoms with Gasteiger partial charge in [-0.15, -0.1) is 0 Å². The molecule has 0 fully saturated rings. The van der Waals surface area contributed by atoms with E-state index in [0.717, 1.165) is 67.3 Å². The summed E-state index contributed by atoms with van der Waals surface area (Å²) in [6.45, 7) is 6.26. The van der Waals surface area contributed by atoms with Crippen molar-refractivity contribution in [3.63, 3.8) is 0 Å². The van der Waals surface area contributed by atoms with Crippen molar-refractivity contribution in [1.82, 2.24) is 29.9 Å². The third-order valence-electron chi connectivity index (χ3n) is 7.53. The van der Waals surface area contributed by atoms with Crippen LogP contribution in [-0.2, 0) is 0 Å². The summed E-state index contributed by atoms with van der Waals surface area (Å²) in [7, 11) is 0. The van der Waals surface area contributed by atoms with E-state index < -0.39 is 0 Å². The topological polar surface area (TPSA) is 77.3 Å². The maximum absolute atomic E-state index is 4.90. The van der Waals surface area contributed by atoms with Crippen molar-refractivity contribution in [2.24, 2.45) is 0 Å². The standard InChI is InChI=1S/C38H32N6/c1-26(29-4-12-39-13-5-29)20-33(30-6-14-40-15-7-30)21-27(2)37-25-38(44-28(3)43-37)36-23-34(31-8-16-41-17-9-31)22-35(24-36)32-10-18-42-19-11-32/h4-25,27H,1-3H3/b26-20+,33-21+. The highest BCUT2D eigenvalue weighted by Crippen LogP contribution is 2.33. The molecule has 6 aromatic rings. The molecule has 0 bridgehead atoms. The van der Waals surface area contributed by atoms with Crippen LogP contribution in [0.25, 0.3) is 44.7 Å². The predicted octanol–water partition coefficient (Wildman–Crippen LogP) is 8.66. The summed E-state index contributed by atoms with van der Waals surface area (Å²) in [6.07, 6.45) is 19.1. The second-order valence-electron chi connectivity index (χ2n) is 10.7. The van der Waals surface area contributed by atoms with Crippen molar-refractivity contribution in [2.75, 3.05) is 0 Å². The van der Waals surface area contributed by atoms with E-state index in [1.165, 1.54) is 0 Å². The second-order valence-corrected chi connectivity index (χ2v) is 10.7. The van der Waals surface area contributed by atoms with Crippen LogP contribution < -0.4 is 0 Å². The first-order chi connectivity index (χ1) is 21.5. The predicted molar refractivity (Wildman–Crippen MR) is 177 cm³/mol. The Morgan fingerprint density at radius 1 is 0.568 bits per heavy atom. The summed E-state index contributed by atoms with van der Waals surface area (Å²) < 4.78 is 0. The largest absolute Gasteiger partial charge is 0.265 e. The van der Waals surface area contributed by atoms with Crippen molar-refractivity contribution in [2.45, 2.75) is 26.7 Å². The van der Waals surface area contributed by atoms with Gasteiger partial charge in [-0.2, -0.15) is 0 Å². The SMILES string of the molecule is C/C(=C\C(=C/C(C)c1cc(-c2cc(-c3ccncc3)cc(-c3ccncc3)c2)nc(C)n1)c1ccncc1)c1ccncc1. The Labute approximate surface area is 258 Å². The molecule has 0 aliphatic rings. The summed E-state index contributed by atoms with van der Waals surface area (Å²) in [4.78, 5) is 26.6. The Bertz CT molecular complexity index is 1860. The molecule has 0 N–H and O–H groups in total. The van der Waals surface area contributed by atoms with Gasteiger partial charge < -0.3 is 0 Å². The lowest BCUT2D eigenvalue weighted by Gasteiger charge is -2.14. The molecular formula is C38H32N6. The van der Waals surface area contributed by atoms with Crippen LogP contribution >= 0.6 is 0 Å². The van der Waals surface area contributed by atoms with Crippen LogP contribution in [-0.4, -0.2) is 29.9 Å². The van der Waals surface area contributed by atoms with Gasteiger partial charge in [0.1, 0.15) is 5.82 Å². The fourth-order valence-electron chi connectivity index (χ4n) is 5.23. The van der Waals surface area contributed by atoms with Crippen molar-refractivity contribution >= 4 is 11.1 Å². The van der Waals surface area contributed by atoms with Gasteiger partial charge in [-0.05, 0) is 131 Å². The normalized spacial score (nSPS) is 12.6. The number of pyridine rings is 4. The van der Waals surface area contributed by atoms with Crippen molar-refractivity contribution in [3.8, 4) is 33.5 Å². The van der Waals surface area contributed by atoms with E-state index in [2.05, 4.69) is 70.2 Å². The van der Waals surface area contributed by atoms with Gasteiger partial charge in [0.2, 0.25) is 0 Å². The number of allylic oxidation sites excluding steroid dienone is 4. The van der Waals surface area contributed by atoms with Gasteiger partial charge in [0, 0.05) is 61.1 Å². The summed E-state index contributed by atoms with van der Waals surface area (Å²) in [5.74, 6) is 0.745. The highest BCUT2D eigenvalue weighted by atomic mass is 14.9. The number of hydrogen-bond donors (Lipinski definition) is 0. The zero-order chi connectivity index (χ0) is 30.3. The van der Waals surface area contributed by atoms with E-state index in [4.69, 9.17) is 9.97 Å². The van der Waals surface area contributed by atoms with Gasteiger partial charge in [0.15, 0.2) is 0 Å². The molecule has 0 aliphatic carbocycles. The van der Waals surface area contributed by atoms with Gasteiger partial charge in [0.25, 0.3) is 0 Å². The quantitative estimate of drug-likeness (QED) is 0.170. The number of nitrogens with zero attached hydrogens (tertiary/aromatic N) is 6. The summed E-state index contributed by atoms with van der Waals surface area (Å²) in [6, 6.07) is 24.9. The lowest BCUT2D eigenvalue weighted by atomic mass is 9.94. The van der Waals surface area contributed by atoms with Crippen LogP contribution in [0, 0.1) is 6.92 Å². The van der Waals surface area contributed by atoms with E-state index in [0.29, 0.717) is 0 Å². The Kier molecular flexibility index (Phi) is 8.50. The molecule has 44 heavy (non-hydrogen) atoms. The number of aryl methyl sites for hydroxylation is 1. The Balaban J connectivity index is 1.43. The molecule has 0 aliphatic heterocycles.